The van der Waals surface area contributed by atoms with Crippen LogP contribution in [0.15, 0.2) is 18.2 Å². The molecule has 0 unspecified atom stereocenters. The lowest BCUT2D eigenvalue weighted by Gasteiger charge is -2.13. The summed E-state index contributed by atoms with van der Waals surface area (Å²) < 4.78 is 13.0. The third-order valence-electron chi connectivity index (χ3n) is 2.68. The fourth-order valence-corrected chi connectivity index (χ4v) is 1.97. The van der Waals surface area contributed by atoms with Crippen LogP contribution >= 0.6 is 0 Å². The first-order chi connectivity index (χ1) is 7.18. The highest BCUT2D eigenvalue weighted by molar-refractivity contribution is 5.89. The Morgan fingerprint density at radius 2 is 2.33 bits per heavy atom. The molecule has 4 heteroatoms. The Kier molecular flexibility index (Phi) is 2.68. The van der Waals surface area contributed by atoms with E-state index in [1.165, 1.54) is 18.2 Å². The van der Waals surface area contributed by atoms with Crippen LogP contribution < -0.4 is 5.32 Å². The molecule has 0 saturated carbocycles. The van der Waals surface area contributed by atoms with Gasteiger partial charge in [-0.25, -0.2) is 9.18 Å². The van der Waals surface area contributed by atoms with Crippen molar-refractivity contribution in [3.05, 3.63) is 35.1 Å². The number of aromatic carboxylic acids is 1. The molecule has 15 heavy (non-hydrogen) atoms. The van der Waals surface area contributed by atoms with Gasteiger partial charge in [0.05, 0.1) is 5.56 Å². The average molecular weight is 209 g/mol. The molecule has 1 saturated heterocycles. The summed E-state index contributed by atoms with van der Waals surface area (Å²) in [5.74, 6) is -1.39. The van der Waals surface area contributed by atoms with E-state index in [0.29, 0.717) is 5.56 Å². The van der Waals surface area contributed by atoms with Gasteiger partial charge in [-0.2, -0.15) is 0 Å². The maximum atomic E-state index is 13.0. The minimum atomic E-state index is -1.00. The SMILES string of the molecule is O=C(O)c1ccc(F)cc1[C@H]1CCCN1. The first-order valence-corrected chi connectivity index (χ1v) is 4.94. The zero-order valence-electron chi connectivity index (χ0n) is 8.16. The van der Waals surface area contributed by atoms with Crippen molar-refractivity contribution in [2.24, 2.45) is 0 Å². The van der Waals surface area contributed by atoms with E-state index < -0.39 is 5.97 Å². The van der Waals surface area contributed by atoms with Gasteiger partial charge in [0.25, 0.3) is 0 Å². The van der Waals surface area contributed by atoms with Gasteiger partial charge >= 0.3 is 5.97 Å². The molecule has 3 nitrogen and oxygen atoms in total. The second-order valence-corrected chi connectivity index (χ2v) is 3.69. The summed E-state index contributed by atoms with van der Waals surface area (Å²) in [4.78, 5) is 10.9. The third kappa shape index (κ3) is 1.99. The van der Waals surface area contributed by atoms with Gasteiger partial charge < -0.3 is 10.4 Å². The molecule has 0 aliphatic carbocycles. The molecule has 1 aliphatic rings. The number of hydrogen-bond donors (Lipinski definition) is 2. The van der Waals surface area contributed by atoms with E-state index in [0.717, 1.165) is 19.4 Å². The normalized spacial score (nSPS) is 20.5. The van der Waals surface area contributed by atoms with Crippen molar-refractivity contribution in [1.29, 1.82) is 0 Å². The lowest BCUT2D eigenvalue weighted by molar-refractivity contribution is 0.0695. The number of carbonyl (C=O) groups is 1. The number of carboxylic acids is 1. The van der Waals surface area contributed by atoms with Gasteiger partial charge in [-0.1, -0.05) is 0 Å². The van der Waals surface area contributed by atoms with E-state index in [9.17, 15) is 9.18 Å². The molecule has 1 aliphatic heterocycles. The molecule has 1 aromatic carbocycles. The minimum Gasteiger partial charge on any atom is -0.478 e. The maximum Gasteiger partial charge on any atom is 0.336 e. The largest absolute Gasteiger partial charge is 0.478 e. The molecule has 2 rings (SSSR count). The summed E-state index contributed by atoms with van der Waals surface area (Å²) in [6, 6.07) is 3.80. The number of benzene rings is 1. The van der Waals surface area contributed by atoms with Crippen molar-refractivity contribution in [1.82, 2.24) is 5.32 Å². The van der Waals surface area contributed by atoms with E-state index in [1.54, 1.807) is 0 Å². The van der Waals surface area contributed by atoms with E-state index in [1.807, 2.05) is 0 Å². The van der Waals surface area contributed by atoms with Crippen LogP contribution in [0.3, 0.4) is 0 Å². The van der Waals surface area contributed by atoms with Crippen molar-refractivity contribution in [3.63, 3.8) is 0 Å². The summed E-state index contributed by atoms with van der Waals surface area (Å²) in [5, 5.41) is 12.1. The standard InChI is InChI=1S/C11H12FNO2/c12-7-3-4-8(11(14)15)9(6-7)10-2-1-5-13-10/h3-4,6,10,13H,1-2,5H2,(H,14,15)/t10-/m1/s1. The maximum absolute atomic E-state index is 13.0. The summed E-state index contributed by atoms with van der Waals surface area (Å²) in [6.07, 6.45) is 1.87. The van der Waals surface area contributed by atoms with Gasteiger partial charge in [0, 0.05) is 6.04 Å². The van der Waals surface area contributed by atoms with Crippen LogP contribution in [-0.2, 0) is 0 Å². The Balaban J connectivity index is 2.41. The van der Waals surface area contributed by atoms with Crippen LogP contribution in [0.4, 0.5) is 4.39 Å². The summed E-state index contributed by atoms with van der Waals surface area (Å²) >= 11 is 0. The van der Waals surface area contributed by atoms with Crippen LogP contribution in [0, 0.1) is 5.82 Å². The highest BCUT2D eigenvalue weighted by Gasteiger charge is 2.22. The molecule has 2 N–H and O–H groups in total. The Morgan fingerprint density at radius 1 is 1.53 bits per heavy atom. The van der Waals surface area contributed by atoms with Gasteiger partial charge in [0.15, 0.2) is 0 Å². The molecular weight excluding hydrogens is 197 g/mol. The molecule has 1 heterocycles. The Bertz CT molecular complexity index is 386. The molecule has 1 aromatic rings. The second kappa shape index (κ2) is 3.98. The van der Waals surface area contributed by atoms with Crippen molar-refractivity contribution in [2.75, 3.05) is 6.54 Å². The number of halogens is 1. The molecule has 0 bridgehead atoms. The molecule has 0 spiro atoms. The van der Waals surface area contributed by atoms with Crippen molar-refractivity contribution in [3.8, 4) is 0 Å². The van der Waals surface area contributed by atoms with Gasteiger partial charge in [0.1, 0.15) is 5.82 Å². The van der Waals surface area contributed by atoms with Gasteiger partial charge in [0.2, 0.25) is 0 Å². The smallest absolute Gasteiger partial charge is 0.336 e. The van der Waals surface area contributed by atoms with Crippen molar-refractivity contribution >= 4 is 5.97 Å². The quantitative estimate of drug-likeness (QED) is 0.782. The summed E-state index contributed by atoms with van der Waals surface area (Å²) in [5.41, 5.74) is 0.746. The number of hydrogen-bond acceptors (Lipinski definition) is 2. The third-order valence-corrected chi connectivity index (χ3v) is 2.68. The lowest BCUT2D eigenvalue weighted by atomic mass is 9.99. The van der Waals surface area contributed by atoms with Gasteiger partial charge in [-0.05, 0) is 43.1 Å². The molecule has 0 radical (unpaired) electrons. The second-order valence-electron chi connectivity index (χ2n) is 3.69. The first-order valence-electron chi connectivity index (χ1n) is 4.94. The van der Waals surface area contributed by atoms with Crippen LogP contribution in [0.5, 0.6) is 0 Å². The van der Waals surface area contributed by atoms with E-state index in [-0.39, 0.29) is 17.4 Å². The predicted molar refractivity (Wildman–Crippen MR) is 53.3 cm³/mol. The van der Waals surface area contributed by atoms with E-state index in [4.69, 9.17) is 5.11 Å². The van der Waals surface area contributed by atoms with Crippen LogP contribution in [0.25, 0.3) is 0 Å². The van der Waals surface area contributed by atoms with Crippen LogP contribution in [-0.4, -0.2) is 17.6 Å². The molecule has 1 atom stereocenters. The zero-order chi connectivity index (χ0) is 10.8. The molecule has 0 amide bonds. The molecule has 1 fully saturated rings. The molecule has 80 valence electrons. The van der Waals surface area contributed by atoms with E-state index in [2.05, 4.69) is 5.32 Å². The van der Waals surface area contributed by atoms with Gasteiger partial charge in [-0.15, -0.1) is 0 Å². The predicted octanol–water partition coefficient (Wildman–Crippen LogP) is 1.95. The fourth-order valence-electron chi connectivity index (χ4n) is 1.97. The Morgan fingerprint density at radius 3 is 2.93 bits per heavy atom. The number of nitrogens with one attached hydrogen (secondary N) is 1. The molecular formula is C11H12FNO2. The van der Waals surface area contributed by atoms with Gasteiger partial charge in [-0.3, -0.25) is 0 Å². The monoisotopic (exact) mass is 209 g/mol. The first kappa shape index (κ1) is 10.1. The minimum absolute atomic E-state index is 0.0215. The number of rotatable bonds is 2. The lowest BCUT2D eigenvalue weighted by Crippen LogP contribution is -2.16. The summed E-state index contributed by atoms with van der Waals surface area (Å²) in [7, 11) is 0. The zero-order valence-corrected chi connectivity index (χ0v) is 8.16. The van der Waals surface area contributed by atoms with Crippen LogP contribution in [0.1, 0.15) is 34.8 Å². The average Bonchev–Trinajstić information content (AvgIpc) is 2.69. The fraction of sp³-hybridized carbons (Fsp3) is 0.364. The Labute approximate surface area is 86.9 Å². The Hall–Kier alpha value is -1.42. The van der Waals surface area contributed by atoms with Crippen molar-refractivity contribution < 1.29 is 14.3 Å². The molecule has 0 aromatic heterocycles. The van der Waals surface area contributed by atoms with E-state index >= 15 is 0 Å². The summed E-state index contributed by atoms with van der Waals surface area (Å²) in [6.45, 7) is 0.861. The van der Waals surface area contributed by atoms with Crippen LogP contribution in [0.2, 0.25) is 0 Å². The topological polar surface area (TPSA) is 49.3 Å². The number of carboxylic acid groups (broad SMARTS) is 1. The van der Waals surface area contributed by atoms with Crippen molar-refractivity contribution in [2.45, 2.75) is 18.9 Å². The highest BCUT2D eigenvalue weighted by Crippen LogP contribution is 2.26. The highest BCUT2D eigenvalue weighted by atomic mass is 19.1.